The van der Waals surface area contributed by atoms with E-state index in [1.165, 1.54) is 0 Å². The molecule has 2 N–H and O–H groups in total. The van der Waals surface area contributed by atoms with Crippen LogP contribution in [0.25, 0.3) is 0 Å². The minimum Gasteiger partial charge on any atom is -0.616 e. The lowest BCUT2D eigenvalue weighted by atomic mass is 10.2. The average Bonchev–Trinajstić information content (AvgIpc) is 1.57. The predicted molar refractivity (Wildman–Crippen MR) is 36.9 cm³/mol. The molecule has 58 valence electrons. The molecule has 0 spiro atoms. The lowest BCUT2D eigenvalue weighted by Gasteiger charge is -2.37. The molecular weight excluding hydrogens is 154 g/mol. The molecule has 10 heavy (non-hydrogen) atoms. The first-order chi connectivity index (χ1) is 4.52. The van der Waals surface area contributed by atoms with Crippen molar-refractivity contribution in [3.8, 4) is 0 Å². The second kappa shape index (κ2) is 2.32. The number of carbonyl (C=O) groups is 1. The molecule has 1 rings (SSSR count). The molecule has 4 nitrogen and oxygen atoms in total. The van der Waals surface area contributed by atoms with Crippen molar-refractivity contribution in [2.45, 2.75) is 12.5 Å². The highest BCUT2D eigenvalue weighted by Crippen LogP contribution is 2.26. The third-order valence-electron chi connectivity index (χ3n) is 1.28. The van der Waals surface area contributed by atoms with Crippen molar-refractivity contribution in [1.82, 2.24) is 0 Å². The SMILES string of the molecule is C[C@]1(OC(N)=O)C[S@@+]([O-])C1. The van der Waals surface area contributed by atoms with E-state index in [1.54, 1.807) is 6.92 Å². The van der Waals surface area contributed by atoms with E-state index in [9.17, 15) is 9.35 Å². The Balaban J connectivity index is 2.34. The lowest BCUT2D eigenvalue weighted by Crippen LogP contribution is -2.55. The maximum absolute atomic E-state index is 10.6. The van der Waals surface area contributed by atoms with Crippen LogP contribution in [0.1, 0.15) is 6.92 Å². The normalized spacial score (nSPS) is 38.4. The van der Waals surface area contributed by atoms with Crippen LogP contribution in [-0.2, 0) is 15.9 Å². The Bertz CT molecular complexity index is 155. The van der Waals surface area contributed by atoms with E-state index < -0.39 is 22.9 Å². The number of nitrogens with two attached hydrogens (primary N) is 1. The summed E-state index contributed by atoms with van der Waals surface area (Å²) in [5.74, 6) is 0.825. The first-order valence-corrected chi connectivity index (χ1v) is 4.34. The van der Waals surface area contributed by atoms with Crippen LogP contribution in [0.2, 0.25) is 0 Å². The topological polar surface area (TPSA) is 75.4 Å². The molecule has 0 bridgehead atoms. The van der Waals surface area contributed by atoms with Gasteiger partial charge < -0.3 is 15.0 Å². The zero-order valence-corrected chi connectivity index (χ0v) is 6.44. The van der Waals surface area contributed by atoms with Crippen LogP contribution >= 0.6 is 0 Å². The summed E-state index contributed by atoms with van der Waals surface area (Å²) in [5.41, 5.74) is 4.21. The summed E-state index contributed by atoms with van der Waals surface area (Å²) < 4.78 is 15.3. The van der Waals surface area contributed by atoms with Crippen molar-refractivity contribution in [3.63, 3.8) is 0 Å². The van der Waals surface area contributed by atoms with Gasteiger partial charge in [-0.15, -0.1) is 0 Å². The number of amides is 1. The Morgan fingerprint density at radius 2 is 2.30 bits per heavy atom. The quantitative estimate of drug-likeness (QED) is 0.534. The number of hydrogen-bond acceptors (Lipinski definition) is 3. The first kappa shape index (κ1) is 7.68. The van der Waals surface area contributed by atoms with Gasteiger partial charge in [0.05, 0.1) is 0 Å². The van der Waals surface area contributed by atoms with Gasteiger partial charge in [0, 0.05) is 0 Å². The molecule has 0 aromatic rings. The van der Waals surface area contributed by atoms with Gasteiger partial charge in [0.1, 0.15) is 11.5 Å². The zero-order chi connectivity index (χ0) is 7.78. The van der Waals surface area contributed by atoms with Crippen LogP contribution in [0.15, 0.2) is 0 Å². The number of rotatable bonds is 1. The van der Waals surface area contributed by atoms with E-state index in [-0.39, 0.29) is 0 Å². The van der Waals surface area contributed by atoms with E-state index in [0.717, 1.165) is 0 Å². The first-order valence-electron chi connectivity index (χ1n) is 2.85. The van der Waals surface area contributed by atoms with Crippen LogP contribution in [0.5, 0.6) is 0 Å². The maximum atomic E-state index is 10.6. The Morgan fingerprint density at radius 3 is 2.60 bits per heavy atom. The molecule has 0 radical (unpaired) electrons. The van der Waals surface area contributed by atoms with Gasteiger partial charge in [0.15, 0.2) is 5.60 Å². The largest absolute Gasteiger partial charge is 0.616 e. The molecule has 5 heteroatoms. The van der Waals surface area contributed by atoms with Gasteiger partial charge in [0.2, 0.25) is 0 Å². The van der Waals surface area contributed by atoms with Crippen LogP contribution in [0, 0.1) is 0 Å². The summed E-state index contributed by atoms with van der Waals surface area (Å²) in [6.07, 6.45) is -0.792. The van der Waals surface area contributed by atoms with Crippen LogP contribution in [0.3, 0.4) is 0 Å². The van der Waals surface area contributed by atoms with E-state index >= 15 is 0 Å². The van der Waals surface area contributed by atoms with Crippen LogP contribution < -0.4 is 5.73 Å². The molecule has 0 aliphatic carbocycles. The zero-order valence-electron chi connectivity index (χ0n) is 5.62. The molecule has 1 fully saturated rings. The van der Waals surface area contributed by atoms with Crippen LogP contribution in [-0.4, -0.2) is 27.8 Å². The number of hydrogen-bond donors (Lipinski definition) is 1. The summed E-state index contributed by atoms with van der Waals surface area (Å²) in [6.45, 7) is 1.72. The molecule has 1 amide bonds. The Morgan fingerprint density at radius 1 is 1.80 bits per heavy atom. The number of ether oxygens (including phenoxy) is 1. The highest BCUT2D eigenvalue weighted by atomic mass is 32.2. The summed E-state index contributed by atoms with van der Waals surface area (Å²) in [7, 11) is 0. The predicted octanol–water partition coefficient (Wildman–Crippen LogP) is -0.397. The van der Waals surface area contributed by atoms with E-state index in [4.69, 9.17) is 5.73 Å². The van der Waals surface area contributed by atoms with Gasteiger partial charge in [-0.3, -0.25) is 0 Å². The molecular formula is C5H9NO3S. The Labute approximate surface area is 61.9 Å². The molecule has 0 aromatic carbocycles. The fourth-order valence-corrected chi connectivity index (χ4v) is 2.34. The molecule has 1 aliphatic heterocycles. The standard InChI is InChI=1S/C5H9NO3S/c1-5(9-4(6)7)2-10(8)3-5/h2-3H2,1H3,(H2,6,7)/t5-,10+. The molecule has 0 unspecified atom stereocenters. The van der Waals surface area contributed by atoms with Crippen molar-refractivity contribution < 1.29 is 14.1 Å². The highest BCUT2D eigenvalue weighted by Gasteiger charge is 2.47. The fraction of sp³-hybridized carbons (Fsp3) is 0.800. The minimum atomic E-state index is -0.811. The smallest absolute Gasteiger partial charge is 0.405 e. The average molecular weight is 163 g/mol. The van der Waals surface area contributed by atoms with E-state index in [2.05, 4.69) is 4.74 Å². The van der Waals surface area contributed by atoms with Crippen molar-refractivity contribution in [3.05, 3.63) is 0 Å². The second-order valence-corrected chi connectivity index (χ2v) is 4.06. The minimum absolute atomic E-state index is 0.413. The second-order valence-electron chi connectivity index (χ2n) is 2.60. The molecule has 0 saturated carbocycles. The van der Waals surface area contributed by atoms with Crippen molar-refractivity contribution in [2.75, 3.05) is 11.5 Å². The van der Waals surface area contributed by atoms with Gasteiger partial charge in [0.25, 0.3) is 0 Å². The number of carbonyl (C=O) groups excluding carboxylic acids is 1. The van der Waals surface area contributed by atoms with E-state index in [1.807, 2.05) is 0 Å². The van der Waals surface area contributed by atoms with Gasteiger partial charge in [-0.2, -0.15) is 0 Å². The van der Waals surface area contributed by atoms with Crippen molar-refractivity contribution in [1.29, 1.82) is 0 Å². The van der Waals surface area contributed by atoms with Crippen molar-refractivity contribution in [2.24, 2.45) is 5.73 Å². The highest BCUT2D eigenvalue weighted by molar-refractivity contribution is 7.93. The fourth-order valence-electron chi connectivity index (χ4n) is 0.941. The summed E-state index contributed by atoms with van der Waals surface area (Å²) in [5, 5.41) is 0. The van der Waals surface area contributed by atoms with Crippen molar-refractivity contribution >= 4 is 17.3 Å². The molecule has 1 saturated heterocycles. The summed E-state index contributed by atoms with van der Waals surface area (Å²) >= 11 is -0.811. The monoisotopic (exact) mass is 163 g/mol. The third-order valence-corrected chi connectivity index (χ3v) is 3.14. The number of primary amides is 1. The maximum Gasteiger partial charge on any atom is 0.405 e. The molecule has 1 heterocycles. The van der Waals surface area contributed by atoms with E-state index in [0.29, 0.717) is 11.5 Å². The lowest BCUT2D eigenvalue weighted by molar-refractivity contribution is 0.0539. The Hall–Kier alpha value is -0.420. The summed E-state index contributed by atoms with van der Waals surface area (Å²) in [4.78, 5) is 10.2. The molecule has 0 atom stereocenters. The molecule has 0 aromatic heterocycles. The molecule has 1 aliphatic rings. The van der Waals surface area contributed by atoms with Gasteiger partial charge >= 0.3 is 6.09 Å². The Kier molecular flexibility index (Phi) is 1.78. The van der Waals surface area contributed by atoms with Gasteiger partial charge in [-0.25, -0.2) is 4.79 Å². The van der Waals surface area contributed by atoms with Crippen LogP contribution in [0.4, 0.5) is 4.79 Å². The van der Waals surface area contributed by atoms with Gasteiger partial charge in [-0.05, 0) is 18.1 Å². The third kappa shape index (κ3) is 1.54. The summed E-state index contributed by atoms with van der Waals surface area (Å²) in [6, 6.07) is 0. The van der Waals surface area contributed by atoms with Gasteiger partial charge in [-0.1, -0.05) is 0 Å².